The van der Waals surface area contributed by atoms with Crippen molar-refractivity contribution in [1.82, 2.24) is 5.32 Å². The Labute approximate surface area is 184 Å². The summed E-state index contributed by atoms with van der Waals surface area (Å²) in [6.07, 6.45) is 4.69. The number of nitrogens with one attached hydrogen (secondary N) is 3. The van der Waals surface area contributed by atoms with E-state index in [0.29, 0.717) is 24.4 Å². The van der Waals surface area contributed by atoms with E-state index in [4.69, 9.17) is 9.47 Å². The highest BCUT2D eigenvalue weighted by Gasteiger charge is 2.08. The fourth-order valence-corrected chi connectivity index (χ4v) is 2.88. The van der Waals surface area contributed by atoms with Crippen molar-refractivity contribution in [1.29, 1.82) is 0 Å². The maximum Gasteiger partial charge on any atom is 0.251 e. The van der Waals surface area contributed by atoms with Crippen molar-refractivity contribution in [3.63, 3.8) is 0 Å². The number of unbranched alkanes of at least 4 members (excludes halogenated alkanes) is 3. The summed E-state index contributed by atoms with van der Waals surface area (Å²) in [7, 11) is 1.58. The van der Waals surface area contributed by atoms with Crippen molar-refractivity contribution in [2.45, 2.75) is 32.6 Å². The van der Waals surface area contributed by atoms with Gasteiger partial charge in [-0.2, -0.15) is 0 Å². The average Bonchev–Trinajstić information content (AvgIpc) is 2.78. The summed E-state index contributed by atoms with van der Waals surface area (Å²) >= 11 is 0. The van der Waals surface area contributed by atoms with Gasteiger partial charge in [-0.05, 0) is 48.9 Å². The van der Waals surface area contributed by atoms with Crippen molar-refractivity contribution in [2.75, 3.05) is 44.0 Å². The first-order valence-corrected chi connectivity index (χ1v) is 10.8. The monoisotopic (exact) mass is 427 g/mol. The smallest absolute Gasteiger partial charge is 0.251 e. The van der Waals surface area contributed by atoms with Gasteiger partial charge < -0.3 is 25.4 Å². The standard InChI is InChI=1S/C24H33N3O4/c1-3-4-5-6-15-31-22-12-10-20(11-13-22)26-18-23(28)27-21-9-7-8-19(17-21)24(29)25-14-16-30-2/h7-13,17,26H,3-6,14-16,18H2,1-2H3,(H,25,29)(H,27,28). The van der Waals surface area contributed by atoms with E-state index >= 15 is 0 Å². The molecule has 0 radical (unpaired) electrons. The lowest BCUT2D eigenvalue weighted by Gasteiger charge is -2.10. The minimum atomic E-state index is -0.209. The molecule has 7 nitrogen and oxygen atoms in total. The lowest BCUT2D eigenvalue weighted by Crippen LogP contribution is -2.27. The average molecular weight is 428 g/mol. The van der Waals surface area contributed by atoms with Gasteiger partial charge in [0.1, 0.15) is 5.75 Å². The number of methoxy groups -OCH3 is 1. The zero-order chi connectivity index (χ0) is 22.3. The number of ether oxygens (including phenoxy) is 2. The van der Waals surface area contributed by atoms with Crippen LogP contribution in [0.3, 0.4) is 0 Å². The molecule has 0 saturated heterocycles. The molecule has 0 aliphatic rings. The summed E-state index contributed by atoms with van der Waals surface area (Å²) in [5.41, 5.74) is 1.88. The molecule has 2 rings (SSSR count). The van der Waals surface area contributed by atoms with Crippen LogP contribution >= 0.6 is 0 Å². The lowest BCUT2D eigenvalue weighted by atomic mass is 10.2. The summed E-state index contributed by atoms with van der Waals surface area (Å²) in [4.78, 5) is 24.4. The highest BCUT2D eigenvalue weighted by molar-refractivity contribution is 5.98. The second-order valence-electron chi connectivity index (χ2n) is 7.16. The molecule has 0 aliphatic heterocycles. The van der Waals surface area contributed by atoms with Crippen molar-refractivity contribution in [3.8, 4) is 5.75 Å². The maximum atomic E-state index is 12.3. The van der Waals surface area contributed by atoms with Crippen molar-refractivity contribution < 1.29 is 19.1 Å². The van der Waals surface area contributed by atoms with Crippen LogP contribution in [0.1, 0.15) is 43.0 Å². The van der Waals surface area contributed by atoms with Crippen molar-refractivity contribution in [2.24, 2.45) is 0 Å². The normalized spacial score (nSPS) is 10.4. The Hall–Kier alpha value is -3.06. The Kier molecular flexibility index (Phi) is 11.0. The van der Waals surface area contributed by atoms with E-state index in [-0.39, 0.29) is 18.4 Å². The Morgan fingerprint density at radius 3 is 2.48 bits per heavy atom. The SMILES string of the molecule is CCCCCCOc1ccc(NCC(=O)Nc2cccc(C(=O)NCCOC)c2)cc1. The Morgan fingerprint density at radius 2 is 1.74 bits per heavy atom. The molecular formula is C24H33N3O4. The van der Waals surface area contributed by atoms with E-state index in [2.05, 4.69) is 22.9 Å². The zero-order valence-electron chi connectivity index (χ0n) is 18.4. The fraction of sp³-hybridized carbons (Fsp3) is 0.417. The second kappa shape index (κ2) is 14.0. The van der Waals surface area contributed by atoms with Crippen LogP contribution in [0.25, 0.3) is 0 Å². The molecule has 0 spiro atoms. The number of benzene rings is 2. The van der Waals surface area contributed by atoms with Gasteiger partial charge in [0.15, 0.2) is 0 Å². The highest BCUT2D eigenvalue weighted by Crippen LogP contribution is 2.16. The van der Waals surface area contributed by atoms with Gasteiger partial charge in [0.25, 0.3) is 5.91 Å². The molecule has 0 saturated carbocycles. The molecule has 2 amide bonds. The predicted octanol–water partition coefficient (Wildman–Crippen LogP) is 4.07. The summed E-state index contributed by atoms with van der Waals surface area (Å²) in [6.45, 7) is 3.90. The number of anilines is 2. The molecule has 0 aromatic heterocycles. The maximum absolute atomic E-state index is 12.3. The van der Waals surface area contributed by atoms with Crippen LogP contribution in [0.5, 0.6) is 5.75 Å². The third-order valence-electron chi connectivity index (χ3n) is 4.57. The number of hydrogen-bond acceptors (Lipinski definition) is 5. The molecule has 2 aromatic rings. The number of hydrogen-bond donors (Lipinski definition) is 3. The van der Waals surface area contributed by atoms with E-state index in [1.165, 1.54) is 19.3 Å². The first-order chi connectivity index (χ1) is 15.1. The van der Waals surface area contributed by atoms with E-state index in [1.54, 1.807) is 31.4 Å². The molecular weight excluding hydrogens is 394 g/mol. The molecule has 168 valence electrons. The molecule has 2 aromatic carbocycles. The predicted molar refractivity (Wildman–Crippen MR) is 124 cm³/mol. The Bertz CT molecular complexity index is 809. The van der Waals surface area contributed by atoms with Gasteiger partial charge in [-0.1, -0.05) is 32.3 Å². The van der Waals surface area contributed by atoms with Gasteiger partial charge in [-0.15, -0.1) is 0 Å². The van der Waals surface area contributed by atoms with Gasteiger partial charge in [-0.3, -0.25) is 9.59 Å². The topological polar surface area (TPSA) is 88.7 Å². The van der Waals surface area contributed by atoms with E-state index < -0.39 is 0 Å². The molecule has 0 aliphatic carbocycles. The van der Waals surface area contributed by atoms with Crippen molar-refractivity contribution in [3.05, 3.63) is 54.1 Å². The second-order valence-corrected chi connectivity index (χ2v) is 7.16. The number of carbonyl (C=O) groups excluding carboxylic acids is 2. The molecule has 0 fully saturated rings. The van der Waals surface area contributed by atoms with Gasteiger partial charge >= 0.3 is 0 Å². The van der Waals surface area contributed by atoms with Crippen LogP contribution < -0.4 is 20.7 Å². The highest BCUT2D eigenvalue weighted by atomic mass is 16.5. The quantitative estimate of drug-likeness (QED) is 0.396. The number of amides is 2. The largest absolute Gasteiger partial charge is 0.494 e. The molecule has 0 unspecified atom stereocenters. The summed E-state index contributed by atoms with van der Waals surface area (Å²) in [5, 5.41) is 8.64. The van der Waals surface area contributed by atoms with Crippen LogP contribution in [0.2, 0.25) is 0 Å². The van der Waals surface area contributed by atoms with E-state index in [0.717, 1.165) is 24.5 Å². The summed E-state index contributed by atoms with van der Waals surface area (Å²) in [5.74, 6) is 0.416. The first kappa shape index (κ1) is 24.2. The fourth-order valence-electron chi connectivity index (χ4n) is 2.88. The summed E-state index contributed by atoms with van der Waals surface area (Å²) in [6, 6.07) is 14.4. The molecule has 0 bridgehead atoms. The minimum Gasteiger partial charge on any atom is -0.494 e. The zero-order valence-corrected chi connectivity index (χ0v) is 18.4. The number of carbonyl (C=O) groups is 2. The minimum absolute atomic E-state index is 0.113. The van der Waals surface area contributed by atoms with Gasteiger partial charge in [0.05, 0.1) is 19.8 Å². The third-order valence-corrected chi connectivity index (χ3v) is 4.57. The van der Waals surface area contributed by atoms with E-state index in [9.17, 15) is 9.59 Å². The molecule has 0 heterocycles. The first-order valence-electron chi connectivity index (χ1n) is 10.8. The molecule has 0 atom stereocenters. The van der Waals surface area contributed by atoms with Gasteiger partial charge in [-0.25, -0.2) is 0 Å². The Morgan fingerprint density at radius 1 is 0.935 bits per heavy atom. The van der Waals surface area contributed by atoms with Gasteiger partial charge in [0, 0.05) is 30.6 Å². The Balaban J connectivity index is 1.75. The van der Waals surface area contributed by atoms with Gasteiger partial charge in [0.2, 0.25) is 5.91 Å². The van der Waals surface area contributed by atoms with Crippen LogP contribution in [0.15, 0.2) is 48.5 Å². The van der Waals surface area contributed by atoms with Crippen LogP contribution in [-0.2, 0) is 9.53 Å². The van der Waals surface area contributed by atoms with Crippen LogP contribution in [0.4, 0.5) is 11.4 Å². The molecule has 7 heteroatoms. The lowest BCUT2D eigenvalue weighted by molar-refractivity contribution is -0.114. The number of rotatable bonds is 14. The van der Waals surface area contributed by atoms with Crippen LogP contribution in [0, 0.1) is 0 Å². The summed E-state index contributed by atoms with van der Waals surface area (Å²) < 4.78 is 10.6. The third kappa shape index (κ3) is 9.53. The van der Waals surface area contributed by atoms with Crippen LogP contribution in [-0.4, -0.2) is 45.2 Å². The van der Waals surface area contributed by atoms with Crippen molar-refractivity contribution >= 4 is 23.2 Å². The van der Waals surface area contributed by atoms with E-state index in [1.807, 2.05) is 24.3 Å². The molecule has 31 heavy (non-hydrogen) atoms. The molecule has 3 N–H and O–H groups in total.